The number of azo groups is 1. The van der Waals surface area contributed by atoms with Crippen LogP contribution in [-0.4, -0.2) is 17.0 Å². The molecule has 1 amide bonds. The number of benzene rings is 3. The molecule has 0 aliphatic heterocycles. The van der Waals surface area contributed by atoms with Gasteiger partial charge in [-0.1, -0.05) is 28.1 Å². The topological polar surface area (TPSA) is 100 Å². The molecule has 0 unspecified atom stereocenters. The van der Waals surface area contributed by atoms with Gasteiger partial charge < -0.3 is 9.94 Å². The second-order valence-corrected chi connectivity index (χ2v) is 6.48. The fraction of sp³-hybridized carbons (Fsp3) is 0. The van der Waals surface area contributed by atoms with E-state index in [4.69, 9.17) is 4.84 Å². The van der Waals surface area contributed by atoms with Crippen molar-refractivity contribution in [3.63, 3.8) is 0 Å². The molecule has 0 aromatic heterocycles. The normalized spacial score (nSPS) is 10.6. The van der Waals surface area contributed by atoms with Crippen molar-refractivity contribution in [2.75, 3.05) is 5.48 Å². The lowest BCUT2D eigenvalue weighted by Gasteiger charge is -2.07. The largest absolute Gasteiger partial charge is 0.507 e. The van der Waals surface area contributed by atoms with Crippen molar-refractivity contribution in [3.05, 3.63) is 88.4 Å². The average molecular weight is 440 g/mol. The van der Waals surface area contributed by atoms with Gasteiger partial charge in [-0.2, -0.15) is 0 Å². The van der Waals surface area contributed by atoms with Crippen molar-refractivity contribution in [2.24, 2.45) is 10.2 Å². The number of rotatable bonds is 5. The maximum atomic E-state index is 11.9. The van der Waals surface area contributed by atoms with Crippen LogP contribution in [0.15, 0.2) is 87.5 Å². The molecule has 3 rings (SSSR count). The Morgan fingerprint density at radius 3 is 2.29 bits per heavy atom. The fourth-order valence-corrected chi connectivity index (χ4v) is 2.42. The highest BCUT2D eigenvalue weighted by molar-refractivity contribution is 9.10. The molecule has 0 fully saturated rings. The third-order valence-corrected chi connectivity index (χ3v) is 4.13. The smallest absolute Gasteiger partial charge is 0.362 e. The number of aromatic hydroxyl groups is 1. The first-order chi connectivity index (χ1) is 13.5. The van der Waals surface area contributed by atoms with E-state index in [0.717, 1.165) is 4.47 Å². The first kappa shape index (κ1) is 19.2. The van der Waals surface area contributed by atoms with Gasteiger partial charge in [0.05, 0.1) is 22.5 Å². The molecule has 2 N–H and O–H groups in total. The lowest BCUT2D eigenvalue weighted by Crippen LogP contribution is -2.10. The number of carbonyl (C=O) groups excluding carboxylic acids is 2. The standard InChI is InChI=1S/C20H14BrN3O4/c21-14-7-5-13(6-8-14)20(27)28-24-16-11-9-15(10-12-16)22-23-19(26)17-3-1-2-4-18(17)25/h1-12,24-25H. The van der Waals surface area contributed by atoms with Crippen LogP contribution in [0.3, 0.4) is 0 Å². The summed E-state index contributed by atoms with van der Waals surface area (Å²) in [6.07, 6.45) is 0. The predicted molar refractivity (Wildman–Crippen MR) is 107 cm³/mol. The summed E-state index contributed by atoms with van der Waals surface area (Å²) >= 11 is 3.30. The Labute approximate surface area is 168 Å². The summed E-state index contributed by atoms with van der Waals surface area (Å²) in [6.45, 7) is 0. The van der Waals surface area contributed by atoms with Crippen molar-refractivity contribution >= 4 is 39.2 Å². The van der Waals surface area contributed by atoms with E-state index in [1.54, 1.807) is 60.7 Å². The molecule has 7 nitrogen and oxygen atoms in total. The molecular weight excluding hydrogens is 426 g/mol. The summed E-state index contributed by atoms with van der Waals surface area (Å²) in [5, 5.41) is 17.1. The summed E-state index contributed by atoms with van der Waals surface area (Å²) in [6, 6.07) is 19.3. The molecule has 28 heavy (non-hydrogen) atoms. The fourth-order valence-electron chi connectivity index (χ4n) is 2.16. The minimum Gasteiger partial charge on any atom is -0.507 e. The number of hydrogen-bond acceptors (Lipinski definition) is 6. The number of nitrogens with one attached hydrogen (secondary N) is 1. The van der Waals surface area contributed by atoms with Crippen LogP contribution >= 0.6 is 15.9 Å². The van der Waals surface area contributed by atoms with Crippen LogP contribution in [0.1, 0.15) is 20.7 Å². The number of phenols is 1. The average Bonchev–Trinajstić information content (AvgIpc) is 2.72. The van der Waals surface area contributed by atoms with Gasteiger partial charge in [0.25, 0.3) is 5.91 Å². The van der Waals surface area contributed by atoms with E-state index in [0.29, 0.717) is 16.9 Å². The summed E-state index contributed by atoms with van der Waals surface area (Å²) in [5.74, 6) is -1.33. The Hall–Kier alpha value is -3.52. The van der Waals surface area contributed by atoms with Crippen molar-refractivity contribution in [1.82, 2.24) is 0 Å². The molecule has 3 aromatic carbocycles. The third-order valence-electron chi connectivity index (χ3n) is 3.60. The highest BCUT2D eigenvalue weighted by atomic mass is 79.9. The molecule has 8 heteroatoms. The van der Waals surface area contributed by atoms with Gasteiger partial charge in [0, 0.05) is 4.47 Å². The Morgan fingerprint density at radius 1 is 0.929 bits per heavy atom. The molecule has 0 saturated heterocycles. The number of carbonyl (C=O) groups is 2. The van der Waals surface area contributed by atoms with Gasteiger partial charge in [-0.25, -0.2) is 10.3 Å². The molecule has 0 heterocycles. The van der Waals surface area contributed by atoms with Crippen LogP contribution in [0.4, 0.5) is 11.4 Å². The van der Waals surface area contributed by atoms with Gasteiger partial charge in [0.1, 0.15) is 5.75 Å². The second-order valence-electron chi connectivity index (χ2n) is 5.57. The molecule has 0 aliphatic rings. The summed E-state index contributed by atoms with van der Waals surface area (Å²) < 4.78 is 0.864. The maximum absolute atomic E-state index is 11.9. The number of hydrogen-bond donors (Lipinski definition) is 2. The monoisotopic (exact) mass is 439 g/mol. The van der Waals surface area contributed by atoms with Crippen molar-refractivity contribution < 1.29 is 19.5 Å². The van der Waals surface area contributed by atoms with Crippen molar-refractivity contribution in [3.8, 4) is 5.75 Å². The number of amides is 1. The van der Waals surface area contributed by atoms with E-state index in [9.17, 15) is 14.7 Å². The van der Waals surface area contributed by atoms with Crippen LogP contribution in [0.5, 0.6) is 5.75 Å². The molecule has 0 saturated carbocycles. The minimum absolute atomic E-state index is 0.0735. The van der Waals surface area contributed by atoms with Gasteiger partial charge in [-0.3, -0.25) is 4.79 Å². The molecule has 0 spiro atoms. The lowest BCUT2D eigenvalue weighted by molar-refractivity contribution is 0.0596. The van der Waals surface area contributed by atoms with E-state index in [-0.39, 0.29) is 11.3 Å². The molecular formula is C20H14BrN3O4. The second kappa shape index (κ2) is 8.92. The molecule has 140 valence electrons. The zero-order valence-corrected chi connectivity index (χ0v) is 16.0. The Bertz CT molecular complexity index is 1020. The summed E-state index contributed by atoms with van der Waals surface area (Å²) in [4.78, 5) is 28.9. The van der Waals surface area contributed by atoms with Crippen LogP contribution in [0.25, 0.3) is 0 Å². The number of anilines is 1. The van der Waals surface area contributed by atoms with Crippen molar-refractivity contribution in [1.29, 1.82) is 0 Å². The number of halogens is 1. The van der Waals surface area contributed by atoms with Gasteiger partial charge >= 0.3 is 5.97 Å². The van der Waals surface area contributed by atoms with Crippen LogP contribution in [0, 0.1) is 0 Å². The molecule has 3 aromatic rings. The Morgan fingerprint density at radius 2 is 1.61 bits per heavy atom. The SMILES string of the molecule is O=C(ONc1ccc(N=NC(=O)c2ccccc2O)cc1)c1ccc(Br)cc1. The molecule has 0 bridgehead atoms. The van der Waals surface area contributed by atoms with E-state index in [2.05, 4.69) is 31.6 Å². The van der Waals surface area contributed by atoms with Crippen LogP contribution in [-0.2, 0) is 4.84 Å². The van der Waals surface area contributed by atoms with E-state index in [1.807, 2.05) is 0 Å². The molecule has 0 aliphatic carbocycles. The van der Waals surface area contributed by atoms with E-state index in [1.165, 1.54) is 12.1 Å². The van der Waals surface area contributed by atoms with Gasteiger partial charge in [0.15, 0.2) is 0 Å². The quantitative estimate of drug-likeness (QED) is 0.416. The minimum atomic E-state index is -0.649. The Kier molecular flexibility index (Phi) is 6.13. The Balaban J connectivity index is 1.57. The third kappa shape index (κ3) is 5.01. The highest BCUT2D eigenvalue weighted by Gasteiger charge is 2.09. The zero-order chi connectivity index (χ0) is 19.9. The zero-order valence-electron chi connectivity index (χ0n) is 14.4. The van der Waals surface area contributed by atoms with Crippen LogP contribution in [0.2, 0.25) is 0 Å². The van der Waals surface area contributed by atoms with Gasteiger partial charge in [-0.05, 0) is 60.7 Å². The van der Waals surface area contributed by atoms with E-state index >= 15 is 0 Å². The maximum Gasteiger partial charge on any atom is 0.362 e. The summed E-state index contributed by atoms with van der Waals surface area (Å²) in [5.41, 5.74) is 3.98. The van der Waals surface area contributed by atoms with Gasteiger partial charge in [0.2, 0.25) is 0 Å². The number of phenolic OH excluding ortho intramolecular Hbond substituents is 1. The van der Waals surface area contributed by atoms with Crippen LogP contribution < -0.4 is 5.48 Å². The number of nitrogens with zero attached hydrogens (tertiary/aromatic N) is 2. The first-order valence-corrected chi connectivity index (χ1v) is 8.89. The lowest BCUT2D eigenvalue weighted by atomic mass is 10.2. The number of para-hydroxylation sites is 1. The summed E-state index contributed by atoms with van der Waals surface area (Å²) in [7, 11) is 0. The highest BCUT2D eigenvalue weighted by Crippen LogP contribution is 2.20. The van der Waals surface area contributed by atoms with Crippen molar-refractivity contribution in [2.45, 2.75) is 0 Å². The predicted octanol–water partition coefficient (Wildman–Crippen LogP) is 5.26. The molecule has 0 radical (unpaired) electrons. The van der Waals surface area contributed by atoms with Gasteiger partial charge in [-0.15, -0.1) is 10.2 Å². The van der Waals surface area contributed by atoms with E-state index < -0.39 is 11.9 Å². The first-order valence-electron chi connectivity index (χ1n) is 8.10. The molecule has 0 atom stereocenters.